The molecule has 0 amide bonds. The fourth-order valence-electron chi connectivity index (χ4n) is 2.67. The predicted octanol–water partition coefficient (Wildman–Crippen LogP) is 3.54. The molecule has 1 aliphatic heterocycles. The first-order valence-corrected chi connectivity index (χ1v) is 7.05. The fourth-order valence-corrected chi connectivity index (χ4v) is 2.67. The van der Waals surface area contributed by atoms with Gasteiger partial charge in [-0.05, 0) is 36.6 Å². The Balaban J connectivity index is 1.68. The van der Waals surface area contributed by atoms with E-state index in [9.17, 15) is 4.39 Å². The molecule has 4 heteroatoms. The quantitative estimate of drug-likeness (QED) is 0.904. The van der Waals surface area contributed by atoms with Crippen LogP contribution in [0.2, 0.25) is 0 Å². The summed E-state index contributed by atoms with van der Waals surface area (Å²) in [6.07, 6.45) is 2.05. The minimum atomic E-state index is -0.482. The lowest BCUT2D eigenvalue weighted by molar-refractivity contribution is 0.623. The van der Waals surface area contributed by atoms with Crippen molar-refractivity contribution in [1.29, 1.82) is 5.26 Å². The summed E-state index contributed by atoms with van der Waals surface area (Å²) in [5.41, 5.74) is 3.12. The standard InChI is InChI=1S/C17H16FN3/c18-15-5-3-7-17(14(15)10-19)20-11-13-9-8-12-4-1-2-6-16(12)21-13/h1-7,13,20-21H,8-9,11H2. The zero-order valence-electron chi connectivity index (χ0n) is 11.6. The Kier molecular flexibility index (Phi) is 3.74. The number of aryl methyl sites for hydroxylation is 1. The molecular weight excluding hydrogens is 265 g/mol. The van der Waals surface area contributed by atoms with Crippen molar-refractivity contribution in [2.24, 2.45) is 0 Å². The Morgan fingerprint density at radius 3 is 2.95 bits per heavy atom. The van der Waals surface area contributed by atoms with Crippen LogP contribution in [0, 0.1) is 17.1 Å². The van der Waals surface area contributed by atoms with E-state index in [1.54, 1.807) is 12.1 Å². The SMILES string of the molecule is N#Cc1c(F)cccc1NCC1CCc2ccccc2N1. The molecule has 0 radical (unpaired) electrons. The molecule has 0 saturated carbocycles. The predicted molar refractivity (Wildman–Crippen MR) is 81.8 cm³/mol. The van der Waals surface area contributed by atoms with Gasteiger partial charge >= 0.3 is 0 Å². The average Bonchev–Trinajstić information content (AvgIpc) is 2.52. The fraction of sp³-hybridized carbons (Fsp3) is 0.235. The molecule has 0 saturated heterocycles. The summed E-state index contributed by atoms with van der Waals surface area (Å²) in [7, 11) is 0. The van der Waals surface area contributed by atoms with Crippen LogP contribution in [0.4, 0.5) is 15.8 Å². The minimum absolute atomic E-state index is 0.0775. The van der Waals surface area contributed by atoms with Crippen LogP contribution < -0.4 is 10.6 Å². The molecule has 1 heterocycles. The van der Waals surface area contributed by atoms with Gasteiger partial charge in [0.25, 0.3) is 0 Å². The number of rotatable bonds is 3. The summed E-state index contributed by atoms with van der Waals surface area (Å²) < 4.78 is 13.5. The highest BCUT2D eigenvalue weighted by atomic mass is 19.1. The Hall–Kier alpha value is -2.54. The van der Waals surface area contributed by atoms with E-state index in [2.05, 4.69) is 22.8 Å². The summed E-state index contributed by atoms with van der Waals surface area (Å²) in [5, 5.41) is 15.7. The molecule has 0 aliphatic carbocycles. The monoisotopic (exact) mass is 281 g/mol. The number of fused-ring (bicyclic) bond motifs is 1. The van der Waals surface area contributed by atoms with E-state index in [0.717, 1.165) is 18.5 Å². The average molecular weight is 281 g/mol. The number of hydrogen-bond acceptors (Lipinski definition) is 3. The first kappa shape index (κ1) is 13.4. The first-order chi connectivity index (χ1) is 10.3. The van der Waals surface area contributed by atoms with E-state index < -0.39 is 5.82 Å². The van der Waals surface area contributed by atoms with Gasteiger partial charge in [0.15, 0.2) is 0 Å². The minimum Gasteiger partial charge on any atom is -0.382 e. The third-order valence-electron chi connectivity index (χ3n) is 3.80. The molecule has 0 fully saturated rings. The largest absolute Gasteiger partial charge is 0.382 e. The van der Waals surface area contributed by atoms with Crippen molar-refractivity contribution in [2.45, 2.75) is 18.9 Å². The molecule has 1 unspecified atom stereocenters. The number of nitriles is 1. The van der Waals surface area contributed by atoms with Gasteiger partial charge in [0.2, 0.25) is 0 Å². The van der Waals surface area contributed by atoms with Crippen LogP contribution in [0.25, 0.3) is 0 Å². The second kappa shape index (κ2) is 5.84. The van der Waals surface area contributed by atoms with Gasteiger partial charge in [-0.2, -0.15) is 5.26 Å². The number of halogens is 1. The van der Waals surface area contributed by atoms with Gasteiger partial charge in [0.1, 0.15) is 17.4 Å². The number of para-hydroxylation sites is 1. The molecule has 0 bridgehead atoms. The van der Waals surface area contributed by atoms with Crippen LogP contribution in [-0.4, -0.2) is 12.6 Å². The van der Waals surface area contributed by atoms with Crippen molar-refractivity contribution in [3.63, 3.8) is 0 Å². The molecule has 0 spiro atoms. The molecule has 2 aromatic rings. The van der Waals surface area contributed by atoms with Gasteiger partial charge in [-0.25, -0.2) is 4.39 Å². The smallest absolute Gasteiger partial charge is 0.143 e. The van der Waals surface area contributed by atoms with E-state index in [0.29, 0.717) is 12.2 Å². The summed E-state index contributed by atoms with van der Waals surface area (Å²) in [6, 6.07) is 15.1. The molecule has 106 valence electrons. The summed E-state index contributed by atoms with van der Waals surface area (Å²) in [4.78, 5) is 0. The number of benzene rings is 2. The molecule has 0 aromatic heterocycles. The van der Waals surface area contributed by atoms with Crippen LogP contribution in [0.1, 0.15) is 17.5 Å². The number of nitrogens with zero attached hydrogens (tertiary/aromatic N) is 1. The van der Waals surface area contributed by atoms with Crippen LogP contribution in [0.15, 0.2) is 42.5 Å². The topological polar surface area (TPSA) is 47.9 Å². The van der Waals surface area contributed by atoms with Crippen molar-refractivity contribution in [3.05, 3.63) is 59.4 Å². The van der Waals surface area contributed by atoms with E-state index >= 15 is 0 Å². The normalized spacial score (nSPS) is 16.5. The van der Waals surface area contributed by atoms with E-state index in [-0.39, 0.29) is 11.6 Å². The van der Waals surface area contributed by atoms with E-state index in [1.165, 1.54) is 11.6 Å². The number of anilines is 2. The second-order valence-electron chi connectivity index (χ2n) is 5.19. The molecule has 21 heavy (non-hydrogen) atoms. The summed E-state index contributed by atoms with van der Waals surface area (Å²) in [6.45, 7) is 0.659. The van der Waals surface area contributed by atoms with Gasteiger partial charge in [0, 0.05) is 18.3 Å². The molecule has 3 nitrogen and oxygen atoms in total. The van der Waals surface area contributed by atoms with Gasteiger partial charge in [-0.15, -0.1) is 0 Å². The number of nitrogens with one attached hydrogen (secondary N) is 2. The summed E-state index contributed by atoms with van der Waals surface area (Å²) >= 11 is 0. The van der Waals surface area contributed by atoms with Crippen molar-refractivity contribution >= 4 is 11.4 Å². The molecule has 1 aliphatic rings. The Morgan fingerprint density at radius 2 is 2.10 bits per heavy atom. The lowest BCUT2D eigenvalue weighted by Gasteiger charge is -2.27. The summed E-state index contributed by atoms with van der Waals surface area (Å²) in [5.74, 6) is -0.482. The van der Waals surface area contributed by atoms with Crippen LogP contribution in [-0.2, 0) is 6.42 Å². The Labute approximate surface area is 123 Å². The zero-order valence-corrected chi connectivity index (χ0v) is 11.6. The molecular formula is C17H16FN3. The van der Waals surface area contributed by atoms with E-state index in [1.807, 2.05) is 18.2 Å². The highest BCUT2D eigenvalue weighted by Crippen LogP contribution is 2.25. The van der Waals surface area contributed by atoms with Gasteiger partial charge in [-0.3, -0.25) is 0 Å². The lowest BCUT2D eigenvalue weighted by atomic mass is 9.98. The van der Waals surface area contributed by atoms with Gasteiger partial charge in [0.05, 0.1) is 5.69 Å². The molecule has 2 aromatic carbocycles. The van der Waals surface area contributed by atoms with Crippen molar-refractivity contribution in [3.8, 4) is 6.07 Å². The second-order valence-corrected chi connectivity index (χ2v) is 5.19. The lowest BCUT2D eigenvalue weighted by Crippen LogP contribution is -2.32. The third-order valence-corrected chi connectivity index (χ3v) is 3.80. The maximum Gasteiger partial charge on any atom is 0.143 e. The van der Waals surface area contributed by atoms with Crippen molar-refractivity contribution < 1.29 is 4.39 Å². The van der Waals surface area contributed by atoms with Crippen LogP contribution in [0.3, 0.4) is 0 Å². The highest BCUT2D eigenvalue weighted by molar-refractivity contribution is 5.59. The zero-order chi connectivity index (χ0) is 14.7. The molecule has 3 rings (SSSR count). The van der Waals surface area contributed by atoms with Crippen LogP contribution in [0.5, 0.6) is 0 Å². The van der Waals surface area contributed by atoms with Gasteiger partial charge < -0.3 is 10.6 Å². The first-order valence-electron chi connectivity index (χ1n) is 7.05. The number of hydrogen-bond donors (Lipinski definition) is 2. The Morgan fingerprint density at radius 1 is 1.24 bits per heavy atom. The highest BCUT2D eigenvalue weighted by Gasteiger charge is 2.17. The van der Waals surface area contributed by atoms with Crippen LogP contribution >= 0.6 is 0 Å². The van der Waals surface area contributed by atoms with Crippen molar-refractivity contribution in [2.75, 3.05) is 17.2 Å². The third kappa shape index (κ3) is 2.82. The van der Waals surface area contributed by atoms with E-state index in [4.69, 9.17) is 5.26 Å². The maximum atomic E-state index is 13.5. The van der Waals surface area contributed by atoms with Crippen molar-refractivity contribution in [1.82, 2.24) is 0 Å². The molecule has 1 atom stereocenters. The molecule has 2 N–H and O–H groups in total. The van der Waals surface area contributed by atoms with Gasteiger partial charge in [-0.1, -0.05) is 24.3 Å². The Bertz CT molecular complexity index is 691. The maximum absolute atomic E-state index is 13.5.